The van der Waals surface area contributed by atoms with E-state index in [1.165, 1.54) is 6.07 Å². The van der Waals surface area contributed by atoms with E-state index in [2.05, 4.69) is 4.98 Å². The van der Waals surface area contributed by atoms with E-state index in [0.29, 0.717) is 5.39 Å². The third-order valence-corrected chi connectivity index (χ3v) is 3.62. The lowest BCUT2D eigenvalue weighted by Gasteiger charge is -2.06. The molecule has 16 heavy (non-hydrogen) atoms. The Kier molecular flexibility index (Phi) is 2.89. The fourth-order valence-corrected chi connectivity index (χ4v) is 2.67. The van der Waals surface area contributed by atoms with Crippen molar-refractivity contribution in [1.29, 1.82) is 0 Å². The molecule has 0 amide bonds. The van der Waals surface area contributed by atoms with Gasteiger partial charge in [-0.25, -0.2) is 0 Å². The van der Waals surface area contributed by atoms with Gasteiger partial charge in [-0.1, -0.05) is 12.1 Å². The Balaban J connectivity index is 2.70. The van der Waals surface area contributed by atoms with E-state index in [-0.39, 0.29) is 11.5 Å². The van der Waals surface area contributed by atoms with Crippen LogP contribution in [0.1, 0.15) is 6.92 Å². The van der Waals surface area contributed by atoms with Gasteiger partial charge in [0, 0.05) is 23.2 Å². The molecule has 0 aliphatic carbocycles. The first-order chi connectivity index (χ1) is 7.65. The molecular formula is C11H11NO3S. The molecule has 0 radical (unpaired) electrons. The molecule has 1 aromatic heterocycles. The summed E-state index contributed by atoms with van der Waals surface area (Å²) in [6.07, 6.45) is 3.19. The van der Waals surface area contributed by atoms with Crippen molar-refractivity contribution < 1.29 is 12.6 Å². The number of hydrogen-bond donors (Lipinski definition) is 0. The van der Waals surface area contributed by atoms with Gasteiger partial charge in [0.25, 0.3) is 10.1 Å². The topological polar surface area (TPSA) is 56.3 Å². The SMILES string of the molecule is CCOS(=O)(=O)c1cccc2cnccc12. The highest BCUT2D eigenvalue weighted by Gasteiger charge is 2.16. The number of hydrogen-bond acceptors (Lipinski definition) is 4. The first kappa shape index (κ1) is 11.0. The summed E-state index contributed by atoms with van der Waals surface area (Å²) in [4.78, 5) is 4.14. The molecule has 0 bridgehead atoms. The molecule has 0 saturated carbocycles. The molecular weight excluding hydrogens is 226 g/mol. The Hall–Kier alpha value is -1.46. The maximum Gasteiger partial charge on any atom is 0.297 e. The monoisotopic (exact) mass is 237 g/mol. The average Bonchev–Trinajstić information content (AvgIpc) is 2.28. The molecule has 0 aliphatic heterocycles. The Morgan fingerprint density at radius 1 is 1.31 bits per heavy atom. The molecule has 0 spiro atoms. The molecule has 1 heterocycles. The van der Waals surface area contributed by atoms with E-state index in [0.717, 1.165) is 5.39 Å². The summed E-state index contributed by atoms with van der Waals surface area (Å²) < 4.78 is 28.4. The van der Waals surface area contributed by atoms with E-state index < -0.39 is 10.1 Å². The maximum atomic E-state index is 11.8. The molecule has 1 aromatic carbocycles. The maximum absolute atomic E-state index is 11.8. The van der Waals surface area contributed by atoms with Crippen molar-refractivity contribution in [3.8, 4) is 0 Å². The van der Waals surface area contributed by atoms with Crippen LogP contribution in [0.2, 0.25) is 0 Å². The quantitative estimate of drug-likeness (QED) is 0.766. The molecule has 0 fully saturated rings. The molecule has 2 aromatic rings. The van der Waals surface area contributed by atoms with Crippen LogP contribution in [0.15, 0.2) is 41.6 Å². The van der Waals surface area contributed by atoms with Crippen molar-refractivity contribution in [1.82, 2.24) is 4.98 Å². The van der Waals surface area contributed by atoms with Gasteiger partial charge in [0.1, 0.15) is 4.90 Å². The summed E-state index contributed by atoms with van der Waals surface area (Å²) in [7, 11) is -3.66. The van der Waals surface area contributed by atoms with Crippen LogP contribution in [0, 0.1) is 0 Å². The second-order valence-corrected chi connectivity index (χ2v) is 4.80. The van der Waals surface area contributed by atoms with Crippen LogP contribution in [0.25, 0.3) is 10.8 Å². The van der Waals surface area contributed by atoms with Crippen LogP contribution in [-0.4, -0.2) is 20.0 Å². The minimum Gasteiger partial charge on any atom is -0.267 e. The fourth-order valence-electron chi connectivity index (χ4n) is 1.53. The minimum absolute atomic E-state index is 0.129. The summed E-state index contributed by atoms with van der Waals surface area (Å²) in [6, 6.07) is 6.69. The number of benzene rings is 1. The molecule has 0 unspecified atom stereocenters. The largest absolute Gasteiger partial charge is 0.297 e. The number of nitrogens with zero attached hydrogens (tertiary/aromatic N) is 1. The van der Waals surface area contributed by atoms with Gasteiger partial charge >= 0.3 is 0 Å². The summed E-state index contributed by atoms with van der Waals surface area (Å²) in [5, 5.41) is 1.41. The number of aromatic nitrogens is 1. The van der Waals surface area contributed by atoms with Crippen molar-refractivity contribution >= 4 is 20.9 Å². The van der Waals surface area contributed by atoms with Crippen LogP contribution in [0.4, 0.5) is 0 Å². The normalized spacial score (nSPS) is 11.8. The van der Waals surface area contributed by atoms with Crippen molar-refractivity contribution in [3.05, 3.63) is 36.7 Å². The summed E-state index contributed by atoms with van der Waals surface area (Å²) in [6.45, 7) is 1.77. The summed E-state index contributed by atoms with van der Waals surface area (Å²) in [5.41, 5.74) is 0. The van der Waals surface area contributed by atoms with Gasteiger partial charge in [-0.2, -0.15) is 8.42 Å². The molecule has 4 nitrogen and oxygen atoms in total. The van der Waals surface area contributed by atoms with Gasteiger partial charge in [-0.05, 0) is 19.1 Å². The van der Waals surface area contributed by atoms with Crippen molar-refractivity contribution in [3.63, 3.8) is 0 Å². The van der Waals surface area contributed by atoms with Crippen LogP contribution in [0.3, 0.4) is 0 Å². The van der Waals surface area contributed by atoms with E-state index >= 15 is 0 Å². The van der Waals surface area contributed by atoms with Gasteiger partial charge in [0.05, 0.1) is 6.61 Å². The fraction of sp³-hybridized carbons (Fsp3) is 0.182. The second kappa shape index (κ2) is 4.19. The molecule has 0 N–H and O–H groups in total. The molecule has 0 aliphatic rings. The van der Waals surface area contributed by atoms with E-state index in [9.17, 15) is 8.42 Å². The second-order valence-electron chi connectivity index (χ2n) is 3.21. The van der Waals surface area contributed by atoms with Gasteiger partial charge < -0.3 is 0 Å². The Morgan fingerprint density at radius 3 is 2.88 bits per heavy atom. The van der Waals surface area contributed by atoms with Gasteiger partial charge in [-0.3, -0.25) is 9.17 Å². The zero-order valence-corrected chi connectivity index (χ0v) is 9.57. The lowest BCUT2D eigenvalue weighted by atomic mass is 10.2. The predicted molar refractivity (Wildman–Crippen MR) is 60.6 cm³/mol. The first-order valence-electron chi connectivity index (χ1n) is 4.87. The molecule has 5 heteroatoms. The van der Waals surface area contributed by atoms with Crippen molar-refractivity contribution in [2.24, 2.45) is 0 Å². The van der Waals surface area contributed by atoms with Crippen molar-refractivity contribution in [2.75, 3.05) is 6.61 Å². The zero-order valence-electron chi connectivity index (χ0n) is 8.75. The van der Waals surface area contributed by atoms with Crippen molar-refractivity contribution in [2.45, 2.75) is 11.8 Å². The predicted octanol–water partition coefficient (Wildman–Crippen LogP) is 1.96. The first-order valence-corrected chi connectivity index (χ1v) is 6.28. The molecule has 0 atom stereocenters. The Labute approximate surface area is 94.0 Å². The van der Waals surface area contributed by atoms with E-state index in [1.807, 2.05) is 6.07 Å². The third-order valence-electron chi connectivity index (χ3n) is 2.18. The van der Waals surface area contributed by atoms with Crippen LogP contribution in [0.5, 0.6) is 0 Å². The lowest BCUT2D eigenvalue weighted by Crippen LogP contribution is -2.06. The van der Waals surface area contributed by atoms with Gasteiger partial charge in [-0.15, -0.1) is 0 Å². The summed E-state index contributed by atoms with van der Waals surface area (Å²) >= 11 is 0. The zero-order chi connectivity index (χ0) is 11.6. The van der Waals surface area contributed by atoms with Crippen LogP contribution in [-0.2, 0) is 14.3 Å². The molecule has 84 valence electrons. The van der Waals surface area contributed by atoms with Crippen LogP contribution >= 0.6 is 0 Å². The van der Waals surface area contributed by atoms with E-state index in [1.54, 1.807) is 31.5 Å². The number of rotatable bonds is 3. The van der Waals surface area contributed by atoms with Crippen LogP contribution < -0.4 is 0 Å². The highest BCUT2D eigenvalue weighted by Crippen LogP contribution is 2.23. The molecule has 2 rings (SSSR count). The summed E-state index contributed by atoms with van der Waals surface area (Å²) in [5.74, 6) is 0. The van der Waals surface area contributed by atoms with Gasteiger partial charge in [0.2, 0.25) is 0 Å². The average molecular weight is 237 g/mol. The van der Waals surface area contributed by atoms with Gasteiger partial charge in [0.15, 0.2) is 0 Å². The Morgan fingerprint density at radius 2 is 2.12 bits per heavy atom. The Bertz CT molecular complexity index is 602. The smallest absolute Gasteiger partial charge is 0.267 e. The highest BCUT2D eigenvalue weighted by atomic mass is 32.2. The minimum atomic E-state index is -3.66. The van der Waals surface area contributed by atoms with E-state index in [4.69, 9.17) is 4.18 Å². The number of fused-ring (bicyclic) bond motifs is 1. The standard InChI is InChI=1S/C11H11NO3S/c1-2-15-16(13,14)11-5-3-4-9-8-12-7-6-10(9)11/h3-8H,2H2,1H3. The number of pyridine rings is 1. The third kappa shape index (κ3) is 1.91. The molecule has 0 saturated heterocycles. The lowest BCUT2D eigenvalue weighted by molar-refractivity contribution is 0.338. The highest BCUT2D eigenvalue weighted by molar-refractivity contribution is 7.87.